The number of alkyl carbamates (subject to hydrolysis) is 1. The Morgan fingerprint density at radius 3 is 2.23 bits per heavy atom. The number of aliphatic hydroxyl groups is 1. The predicted octanol–water partition coefficient (Wildman–Crippen LogP) is 5.54. The molecule has 2 aromatic rings. The molecule has 0 aliphatic rings. The van der Waals surface area contributed by atoms with Crippen LogP contribution in [0.1, 0.15) is 49.8 Å². The normalized spacial score (nSPS) is 14.6. The van der Waals surface area contributed by atoms with Crippen LogP contribution in [-0.2, 0) is 38.2 Å². The van der Waals surface area contributed by atoms with Gasteiger partial charge in [-0.3, -0.25) is 0 Å². The van der Waals surface area contributed by atoms with Crippen LogP contribution in [0.3, 0.4) is 0 Å². The fourth-order valence-electron chi connectivity index (χ4n) is 4.33. The molecule has 10 heteroatoms. The molecule has 0 aliphatic carbocycles. The third-order valence-electron chi connectivity index (χ3n) is 6.50. The van der Waals surface area contributed by atoms with Gasteiger partial charge in [0.25, 0.3) is 0 Å². The van der Waals surface area contributed by atoms with Crippen LogP contribution in [0, 0.1) is 11.8 Å². The van der Waals surface area contributed by atoms with Gasteiger partial charge in [-0.05, 0) is 54.9 Å². The van der Waals surface area contributed by atoms with Crippen molar-refractivity contribution in [1.29, 1.82) is 0 Å². The van der Waals surface area contributed by atoms with E-state index >= 15 is 0 Å². The molecule has 0 radical (unpaired) electrons. The van der Waals surface area contributed by atoms with Gasteiger partial charge in [0.05, 0.1) is 32.0 Å². The van der Waals surface area contributed by atoms with Crippen molar-refractivity contribution in [1.82, 2.24) is 5.32 Å². The number of carbonyl (C=O) groups is 2. The number of carbonyl (C=O) groups excluding carboxylic acids is 2. The van der Waals surface area contributed by atoms with E-state index in [1.807, 2.05) is 25.1 Å². The van der Waals surface area contributed by atoms with Crippen LogP contribution in [0.5, 0.6) is 0 Å². The van der Waals surface area contributed by atoms with Gasteiger partial charge in [-0.2, -0.15) is 13.2 Å². The zero-order valence-corrected chi connectivity index (χ0v) is 22.6. The number of amides is 1. The van der Waals surface area contributed by atoms with Crippen LogP contribution >= 0.6 is 0 Å². The van der Waals surface area contributed by atoms with Crippen molar-refractivity contribution in [3.8, 4) is 0 Å². The summed E-state index contributed by atoms with van der Waals surface area (Å²) in [6, 6.07) is 12.8. The third-order valence-corrected chi connectivity index (χ3v) is 6.50. The lowest BCUT2D eigenvalue weighted by molar-refractivity contribution is -0.145. The Morgan fingerprint density at radius 2 is 1.67 bits per heavy atom. The van der Waals surface area contributed by atoms with Crippen molar-refractivity contribution < 1.29 is 42.1 Å². The van der Waals surface area contributed by atoms with E-state index in [0.717, 1.165) is 30.5 Å². The Morgan fingerprint density at radius 1 is 1.00 bits per heavy atom. The number of halogens is 3. The number of ether oxygens (including phenoxy) is 3. The van der Waals surface area contributed by atoms with E-state index in [9.17, 15) is 27.9 Å². The number of methoxy groups -OCH3 is 1. The first-order chi connectivity index (χ1) is 18.5. The fourth-order valence-corrected chi connectivity index (χ4v) is 4.33. The highest BCUT2D eigenvalue weighted by atomic mass is 19.4. The SMILES string of the molecule is CCCC[C@H]([C@H](COC[C@H](NC(=O)OCc1ccccc1)C(=O)OC)Cc1ccc(C(F)(F)F)cc1)[C@H](C)O. The highest BCUT2D eigenvalue weighted by Crippen LogP contribution is 2.31. The molecule has 1 amide bonds. The van der Waals surface area contributed by atoms with Crippen molar-refractivity contribution in [2.45, 2.75) is 64.5 Å². The van der Waals surface area contributed by atoms with Gasteiger partial charge in [-0.25, -0.2) is 9.59 Å². The summed E-state index contributed by atoms with van der Waals surface area (Å²) >= 11 is 0. The van der Waals surface area contributed by atoms with Crippen molar-refractivity contribution in [2.24, 2.45) is 11.8 Å². The summed E-state index contributed by atoms with van der Waals surface area (Å²) in [5.41, 5.74) is 0.718. The maximum atomic E-state index is 13.0. The molecule has 0 saturated carbocycles. The van der Waals surface area contributed by atoms with Crippen LogP contribution < -0.4 is 5.32 Å². The number of unbranched alkanes of at least 4 members (excludes halogenated alkanes) is 1. The average molecular weight is 554 g/mol. The quantitative estimate of drug-likeness (QED) is 0.282. The van der Waals surface area contributed by atoms with Gasteiger partial charge < -0.3 is 24.6 Å². The second-order valence-electron chi connectivity index (χ2n) is 9.52. The van der Waals surface area contributed by atoms with Crippen molar-refractivity contribution in [3.63, 3.8) is 0 Å². The maximum absolute atomic E-state index is 13.0. The molecule has 39 heavy (non-hydrogen) atoms. The Hall–Kier alpha value is -3.11. The van der Waals surface area contributed by atoms with Crippen LogP contribution in [0.2, 0.25) is 0 Å². The van der Waals surface area contributed by atoms with Crippen LogP contribution in [0.4, 0.5) is 18.0 Å². The number of esters is 1. The summed E-state index contributed by atoms with van der Waals surface area (Å²) in [6.07, 6.45) is -3.08. The maximum Gasteiger partial charge on any atom is 0.416 e. The molecule has 0 heterocycles. The number of hydrogen-bond acceptors (Lipinski definition) is 6. The molecule has 2 aromatic carbocycles. The minimum absolute atomic E-state index is 0.0180. The molecule has 4 atom stereocenters. The van der Waals surface area contributed by atoms with Crippen LogP contribution in [0.15, 0.2) is 54.6 Å². The fraction of sp³-hybridized carbons (Fsp3) is 0.517. The van der Waals surface area contributed by atoms with Gasteiger partial charge in [0.1, 0.15) is 6.61 Å². The molecule has 0 fully saturated rings. The first-order valence-corrected chi connectivity index (χ1v) is 13.0. The third kappa shape index (κ3) is 11.3. The molecule has 216 valence electrons. The molecule has 2 rings (SSSR count). The van der Waals surface area contributed by atoms with Gasteiger partial charge in [-0.15, -0.1) is 0 Å². The van der Waals surface area contributed by atoms with Gasteiger partial charge in [-0.1, -0.05) is 62.2 Å². The lowest BCUT2D eigenvalue weighted by Gasteiger charge is -2.30. The van der Waals surface area contributed by atoms with E-state index in [1.54, 1.807) is 19.1 Å². The highest BCUT2D eigenvalue weighted by molar-refractivity contribution is 5.81. The molecule has 0 unspecified atom stereocenters. The number of rotatable bonds is 15. The number of nitrogens with one attached hydrogen (secondary N) is 1. The lowest BCUT2D eigenvalue weighted by atomic mass is 9.81. The van der Waals surface area contributed by atoms with Gasteiger partial charge in [0.15, 0.2) is 6.04 Å². The summed E-state index contributed by atoms with van der Waals surface area (Å²) in [6.45, 7) is 3.63. The second-order valence-corrected chi connectivity index (χ2v) is 9.52. The van der Waals surface area contributed by atoms with Gasteiger partial charge in [0, 0.05) is 0 Å². The Kier molecular flexibility index (Phi) is 13.3. The monoisotopic (exact) mass is 553 g/mol. The summed E-state index contributed by atoms with van der Waals surface area (Å²) in [4.78, 5) is 24.6. The lowest BCUT2D eigenvalue weighted by Crippen LogP contribution is -2.45. The molecule has 2 N–H and O–H groups in total. The minimum atomic E-state index is -4.43. The van der Waals surface area contributed by atoms with Crippen molar-refractivity contribution >= 4 is 12.1 Å². The Bertz CT molecular complexity index is 998. The number of alkyl halides is 3. The van der Waals surface area contributed by atoms with E-state index < -0.39 is 35.9 Å². The first kappa shape index (κ1) is 32.1. The standard InChI is InChI=1S/C29H38F3NO6/c1-4-5-11-25(20(2)34)23(16-21-12-14-24(15-13-21)29(30,31)32)18-38-19-26(27(35)37-3)33-28(36)39-17-22-9-7-6-8-10-22/h6-10,12-15,20,23,25-26,34H,4-5,11,16-19H2,1-3H3,(H,33,36)/t20-,23-,25-,26-/m0/s1. The van der Waals surface area contributed by atoms with E-state index in [1.165, 1.54) is 19.2 Å². The Balaban J connectivity index is 2.06. The summed E-state index contributed by atoms with van der Waals surface area (Å²) in [5.74, 6) is -1.16. The topological polar surface area (TPSA) is 94.1 Å². The van der Waals surface area contributed by atoms with E-state index in [4.69, 9.17) is 14.2 Å². The highest BCUT2D eigenvalue weighted by Gasteiger charge is 2.31. The number of aliphatic hydroxyl groups excluding tert-OH is 1. The molecule has 0 aromatic heterocycles. The summed E-state index contributed by atoms with van der Waals surface area (Å²) in [5, 5.41) is 12.9. The van der Waals surface area contributed by atoms with Crippen molar-refractivity contribution in [2.75, 3.05) is 20.3 Å². The molecular formula is C29H38F3NO6. The molecular weight excluding hydrogens is 515 g/mol. The van der Waals surface area contributed by atoms with E-state index in [-0.39, 0.29) is 31.7 Å². The summed E-state index contributed by atoms with van der Waals surface area (Å²) < 4.78 is 54.8. The predicted molar refractivity (Wildman–Crippen MR) is 140 cm³/mol. The van der Waals surface area contributed by atoms with Gasteiger partial charge in [0.2, 0.25) is 0 Å². The first-order valence-electron chi connectivity index (χ1n) is 13.0. The second kappa shape index (κ2) is 16.1. The zero-order valence-electron chi connectivity index (χ0n) is 22.6. The van der Waals surface area contributed by atoms with E-state index in [2.05, 4.69) is 5.32 Å². The number of benzene rings is 2. The summed E-state index contributed by atoms with van der Waals surface area (Å²) in [7, 11) is 1.19. The van der Waals surface area contributed by atoms with Crippen LogP contribution in [0.25, 0.3) is 0 Å². The largest absolute Gasteiger partial charge is 0.467 e. The molecule has 7 nitrogen and oxygen atoms in total. The Labute approximate surface area is 227 Å². The average Bonchev–Trinajstić information content (AvgIpc) is 2.91. The molecule has 0 bridgehead atoms. The van der Waals surface area contributed by atoms with Gasteiger partial charge >= 0.3 is 18.2 Å². The smallest absolute Gasteiger partial charge is 0.416 e. The minimum Gasteiger partial charge on any atom is -0.467 e. The zero-order chi connectivity index (χ0) is 28.8. The van der Waals surface area contributed by atoms with Crippen molar-refractivity contribution in [3.05, 3.63) is 71.3 Å². The molecule has 0 aliphatic heterocycles. The number of hydrogen-bond donors (Lipinski definition) is 2. The van der Waals surface area contributed by atoms with E-state index in [0.29, 0.717) is 18.4 Å². The van der Waals surface area contributed by atoms with Crippen LogP contribution in [-0.4, -0.2) is 49.6 Å². The molecule has 0 saturated heterocycles. The molecule has 0 spiro atoms.